The van der Waals surface area contributed by atoms with Crippen LogP contribution in [-0.2, 0) is 4.74 Å². The average molecular weight is 299 g/mol. The normalized spacial score (nSPS) is 34.5. The van der Waals surface area contributed by atoms with Crippen LogP contribution in [0.3, 0.4) is 0 Å². The number of piperidine rings is 1. The molecule has 2 N–H and O–H groups in total. The van der Waals surface area contributed by atoms with E-state index in [1.165, 1.54) is 51.6 Å². The van der Waals surface area contributed by atoms with E-state index in [1.54, 1.807) is 0 Å². The Balaban J connectivity index is 0.00000144. The maximum atomic E-state index is 5.97. The second kappa shape index (κ2) is 7.91. The minimum atomic E-state index is 0. The van der Waals surface area contributed by atoms with Crippen LogP contribution in [0.15, 0.2) is 0 Å². The van der Waals surface area contributed by atoms with E-state index in [4.69, 9.17) is 10.5 Å². The Labute approximate surface area is 124 Å². The van der Waals surface area contributed by atoms with Crippen molar-refractivity contribution in [2.75, 3.05) is 20.2 Å². The minimum Gasteiger partial charge on any atom is -0.381 e. The van der Waals surface area contributed by atoms with Gasteiger partial charge < -0.3 is 10.5 Å². The highest BCUT2D eigenvalue weighted by Crippen LogP contribution is 2.35. The smallest absolute Gasteiger partial charge is 0.0572 e. The second-order valence-corrected chi connectivity index (χ2v) is 5.76. The predicted molar refractivity (Wildman–Crippen MR) is 80.9 cm³/mol. The highest BCUT2D eigenvalue weighted by Gasteiger charge is 2.37. The van der Waals surface area contributed by atoms with Crippen LogP contribution in [0, 0.1) is 0 Å². The summed E-state index contributed by atoms with van der Waals surface area (Å²) in [4.78, 5) is 2.67. The molecule has 3 nitrogen and oxygen atoms in total. The fourth-order valence-electron chi connectivity index (χ4n) is 3.20. The summed E-state index contributed by atoms with van der Waals surface area (Å²) in [5.41, 5.74) is 6.38. The summed E-state index contributed by atoms with van der Waals surface area (Å²) in [6, 6.07) is 0.440. The van der Waals surface area contributed by atoms with E-state index in [-0.39, 0.29) is 24.8 Å². The number of methoxy groups -OCH3 is 1. The summed E-state index contributed by atoms with van der Waals surface area (Å²) >= 11 is 0. The molecular weight excluding hydrogens is 271 g/mol. The Morgan fingerprint density at radius 2 is 1.56 bits per heavy atom. The zero-order valence-corrected chi connectivity index (χ0v) is 13.2. The molecule has 2 aliphatic rings. The predicted octanol–water partition coefficient (Wildman–Crippen LogP) is 2.60. The first-order chi connectivity index (χ1) is 7.64. The summed E-state index contributed by atoms with van der Waals surface area (Å²) in [6.07, 6.45) is 7.83. The third-order valence-electron chi connectivity index (χ3n) is 4.65. The van der Waals surface area contributed by atoms with Gasteiger partial charge in [0.2, 0.25) is 0 Å². The van der Waals surface area contributed by atoms with Crippen molar-refractivity contribution in [3.05, 3.63) is 0 Å². The van der Waals surface area contributed by atoms with Gasteiger partial charge in [0.15, 0.2) is 0 Å². The van der Waals surface area contributed by atoms with E-state index in [0.717, 1.165) is 0 Å². The van der Waals surface area contributed by atoms with Crippen molar-refractivity contribution in [2.24, 2.45) is 5.73 Å². The molecule has 110 valence electrons. The van der Waals surface area contributed by atoms with Crippen molar-refractivity contribution in [3.63, 3.8) is 0 Å². The van der Waals surface area contributed by atoms with Crippen molar-refractivity contribution < 1.29 is 4.74 Å². The molecule has 0 amide bonds. The van der Waals surface area contributed by atoms with Crippen molar-refractivity contribution in [1.82, 2.24) is 4.90 Å². The summed E-state index contributed by atoms with van der Waals surface area (Å²) < 4.78 is 5.45. The van der Waals surface area contributed by atoms with E-state index in [1.807, 2.05) is 7.11 Å². The van der Waals surface area contributed by atoms with Gasteiger partial charge in [-0.25, -0.2) is 0 Å². The van der Waals surface area contributed by atoms with Crippen LogP contribution < -0.4 is 5.73 Å². The number of likely N-dealkylation sites (tertiary alicyclic amines) is 1. The summed E-state index contributed by atoms with van der Waals surface area (Å²) in [7, 11) is 1.84. The van der Waals surface area contributed by atoms with Gasteiger partial charge in [-0.2, -0.15) is 0 Å². The lowest BCUT2D eigenvalue weighted by Crippen LogP contribution is -2.54. The molecule has 1 aliphatic heterocycles. The Bertz CT molecular complexity index is 225. The highest BCUT2D eigenvalue weighted by molar-refractivity contribution is 5.85. The van der Waals surface area contributed by atoms with E-state index in [9.17, 15) is 0 Å². The Hall–Kier alpha value is 0.460. The Morgan fingerprint density at radius 3 is 2.00 bits per heavy atom. The molecule has 2 fully saturated rings. The molecule has 0 atom stereocenters. The van der Waals surface area contributed by atoms with Gasteiger partial charge in [0.05, 0.1) is 6.10 Å². The first kappa shape index (κ1) is 18.5. The topological polar surface area (TPSA) is 38.5 Å². The van der Waals surface area contributed by atoms with Crippen molar-refractivity contribution in [3.8, 4) is 0 Å². The molecule has 0 unspecified atom stereocenters. The molecule has 1 saturated heterocycles. The highest BCUT2D eigenvalue weighted by atomic mass is 35.5. The molecule has 2 rings (SSSR count). The number of nitrogens with two attached hydrogens (primary N) is 1. The third-order valence-corrected chi connectivity index (χ3v) is 4.65. The van der Waals surface area contributed by atoms with Gasteiger partial charge in [-0.15, -0.1) is 24.8 Å². The maximum Gasteiger partial charge on any atom is 0.0572 e. The average Bonchev–Trinajstić information content (AvgIpc) is 2.31. The lowest BCUT2D eigenvalue weighted by molar-refractivity contribution is -0.0112. The van der Waals surface area contributed by atoms with E-state index in [0.29, 0.717) is 17.7 Å². The molecule has 0 aromatic rings. The van der Waals surface area contributed by atoms with Crippen LogP contribution in [-0.4, -0.2) is 42.8 Å². The largest absolute Gasteiger partial charge is 0.381 e. The first-order valence-electron chi connectivity index (χ1n) is 6.67. The molecule has 1 heterocycles. The SMILES string of the molecule is COC1CCC(C)(N2CCC(N)CC2)CC1.Cl.Cl. The zero-order chi connectivity index (χ0) is 11.6. The van der Waals surface area contributed by atoms with Gasteiger partial charge in [0.25, 0.3) is 0 Å². The van der Waals surface area contributed by atoms with Crippen molar-refractivity contribution in [2.45, 2.75) is 63.1 Å². The number of ether oxygens (including phenoxy) is 1. The molecule has 0 aromatic heterocycles. The third kappa shape index (κ3) is 4.24. The fraction of sp³-hybridized carbons (Fsp3) is 1.00. The van der Waals surface area contributed by atoms with Crippen molar-refractivity contribution >= 4 is 24.8 Å². The van der Waals surface area contributed by atoms with Gasteiger partial charge in [-0.05, 0) is 45.4 Å². The van der Waals surface area contributed by atoms with Gasteiger partial charge in [-0.1, -0.05) is 0 Å². The number of rotatable bonds is 2. The number of hydrogen-bond donors (Lipinski definition) is 1. The van der Waals surface area contributed by atoms with Crippen molar-refractivity contribution in [1.29, 1.82) is 0 Å². The molecule has 0 aromatic carbocycles. The van der Waals surface area contributed by atoms with E-state index in [2.05, 4.69) is 11.8 Å². The monoisotopic (exact) mass is 298 g/mol. The van der Waals surface area contributed by atoms with E-state index >= 15 is 0 Å². The van der Waals surface area contributed by atoms with Crippen LogP contribution in [0.25, 0.3) is 0 Å². The van der Waals surface area contributed by atoms with E-state index < -0.39 is 0 Å². The summed E-state index contributed by atoms with van der Waals surface area (Å²) in [5.74, 6) is 0. The van der Waals surface area contributed by atoms with Crippen LogP contribution in [0.2, 0.25) is 0 Å². The lowest BCUT2D eigenvalue weighted by atomic mass is 9.79. The maximum absolute atomic E-state index is 5.97. The molecule has 1 aliphatic carbocycles. The standard InChI is InChI=1S/C13H26N2O.2ClH/c1-13(7-3-12(16-2)4-8-13)15-9-5-11(14)6-10-15;;/h11-12H,3-10,14H2,1-2H3;2*1H. The molecule has 18 heavy (non-hydrogen) atoms. The van der Waals surface area contributed by atoms with Gasteiger partial charge in [0.1, 0.15) is 0 Å². The molecule has 0 bridgehead atoms. The number of halogens is 2. The molecule has 1 saturated carbocycles. The minimum absolute atomic E-state index is 0. The summed E-state index contributed by atoms with van der Waals surface area (Å²) in [5, 5.41) is 0. The molecule has 0 radical (unpaired) electrons. The molecule has 5 heteroatoms. The second-order valence-electron chi connectivity index (χ2n) is 5.76. The zero-order valence-electron chi connectivity index (χ0n) is 11.6. The van der Waals surface area contributed by atoms with Gasteiger partial charge >= 0.3 is 0 Å². The molecule has 0 spiro atoms. The number of nitrogens with zero attached hydrogens (tertiary/aromatic N) is 1. The van der Waals surface area contributed by atoms with Crippen LogP contribution in [0.1, 0.15) is 45.4 Å². The van der Waals surface area contributed by atoms with Gasteiger partial charge in [-0.3, -0.25) is 4.90 Å². The first-order valence-corrected chi connectivity index (χ1v) is 6.67. The Morgan fingerprint density at radius 1 is 1.06 bits per heavy atom. The quantitative estimate of drug-likeness (QED) is 0.852. The summed E-state index contributed by atoms with van der Waals surface area (Å²) in [6.45, 7) is 4.81. The Kier molecular flexibility index (Phi) is 8.11. The van der Waals surface area contributed by atoms with Crippen LogP contribution in [0.4, 0.5) is 0 Å². The van der Waals surface area contributed by atoms with Crippen LogP contribution >= 0.6 is 24.8 Å². The lowest BCUT2D eigenvalue weighted by Gasteiger charge is -2.48. The number of hydrogen-bond acceptors (Lipinski definition) is 3. The van der Waals surface area contributed by atoms with Gasteiger partial charge in [0, 0.05) is 31.8 Å². The molecular formula is C13H28Cl2N2O. The fourth-order valence-corrected chi connectivity index (χ4v) is 3.20. The van der Waals surface area contributed by atoms with Crippen LogP contribution in [0.5, 0.6) is 0 Å².